The van der Waals surface area contributed by atoms with Crippen molar-refractivity contribution >= 4 is 11.9 Å². The second kappa shape index (κ2) is 5.29. The summed E-state index contributed by atoms with van der Waals surface area (Å²) in [4.78, 5) is 25.3. The van der Waals surface area contributed by atoms with Gasteiger partial charge in [-0.05, 0) is 43.7 Å². The van der Waals surface area contributed by atoms with Crippen LogP contribution in [-0.2, 0) is 4.79 Å². The number of nitrogens with zero attached hydrogens (tertiary/aromatic N) is 3. The van der Waals surface area contributed by atoms with Crippen LogP contribution in [0, 0.1) is 5.41 Å². The van der Waals surface area contributed by atoms with Crippen LogP contribution in [-0.4, -0.2) is 44.8 Å². The first-order chi connectivity index (χ1) is 10.5. The van der Waals surface area contributed by atoms with Crippen LogP contribution in [0.1, 0.15) is 23.7 Å². The van der Waals surface area contributed by atoms with E-state index in [1.165, 1.54) is 0 Å². The summed E-state index contributed by atoms with van der Waals surface area (Å²) >= 11 is 0. The van der Waals surface area contributed by atoms with Gasteiger partial charge in [-0.3, -0.25) is 9.59 Å². The highest BCUT2D eigenvalue weighted by molar-refractivity contribution is 5.95. The van der Waals surface area contributed by atoms with E-state index in [0.29, 0.717) is 18.5 Å². The minimum atomic E-state index is -0.850. The van der Waals surface area contributed by atoms with E-state index in [2.05, 4.69) is 5.10 Å². The molecule has 6 nitrogen and oxygen atoms in total. The van der Waals surface area contributed by atoms with E-state index in [1.54, 1.807) is 34.8 Å². The summed E-state index contributed by atoms with van der Waals surface area (Å²) in [6, 6.07) is 8.97. The lowest BCUT2D eigenvalue weighted by Crippen LogP contribution is -2.34. The third-order valence-corrected chi connectivity index (χ3v) is 4.16. The highest BCUT2D eigenvalue weighted by atomic mass is 16.4. The zero-order valence-corrected chi connectivity index (χ0v) is 12.3. The van der Waals surface area contributed by atoms with Gasteiger partial charge in [0.15, 0.2) is 0 Å². The number of hydrogen-bond donors (Lipinski definition) is 1. The van der Waals surface area contributed by atoms with Gasteiger partial charge in [-0.25, -0.2) is 4.68 Å². The maximum Gasteiger partial charge on any atom is 0.311 e. The lowest BCUT2D eigenvalue weighted by Gasteiger charge is -2.20. The summed E-state index contributed by atoms with van der Waals surface area (Å²) in [6.45, 7) is 2.41. The van der Waals surface area contributed by atoms with Crippen molar-refractivity contribution in [2.75, 3.05) is 13.1 Å². The molecule has 6 heteroatoms. The minimum absolute atomic E-state index is 0.128. The molecule has 1 saturated heterocycles. The molecule has 0 saturated carbocycles. The van der Waals surface area contributed by atoms with E-state index < -0.39 is 11.4 Å². The maximum absolute atomic E-state index is 12.5. The Bertz CT molecular complexity index is 694. The van der Waals surface area contributed by atoms with Crippen molar-refractivity contribution in [3.8, 4) is 5.69 Å². The Labute approximate surface area is 128 Å². The largest absolute Gasteiger partial charge is 0.481 e. The van der Waals surface area contributed by atoms with Crippen molar-refractivity contribution in [3.63, 3.8) is 0 Å². The van der Waals surface area contributed by atoms with Crippen molar-refractivity contribution in [3.05, 3.63) is 48.3 Å². The quantitative estimate of drug-likeness (QED) is 0.938. The second-order valence-electron chi connectivity index (χ2n) is 5.84. The van der Waals surface area contributed by atoms with Gasteiger partial charge in [0.25, 0.3) is 5.91 Å². The highest BCUT2D eigenvalue weighted by Gasteiger charge is 2.42. The van der Waals surface area contributed by atoms with Crippen molar-refractivity contribution in [1.29, 1.82) is 0 Å². The smallest absolute Gasteiger partial charge is 0.311 e. The third kappa shape index (κ3) is 2.47. The fourth-order valence-corrected chi connectivity index (χ4v) is 2.67. The molecule has 114 valence electrons. The van der Waals surface area contributed by atoms with E-state index >= 15 is 0 Å². The first kappa shape index (κ1) is 14.3. The molecule has 1 amide bonds. The Hall–Kier alpha value is -2.63. The molecule has 2 aromatic rings. The molecular weight excluding hydrogens is 282 g/mol. The average Bonchev–Trinajstić information content (AvgIpc) is 3.17. The third-order valence-electron chi connectivity index (χ3n) is 4.16. The van der Waals surface area contributed by atoms with Crippen LogP contribution in [0.3, 0.4) is 0 Å². The van der Waals surface area contributed by atoms with E-state index in [1.807, 2.05) is 24.4 Å². The summed E-state index contributed by atoms with van der Waals surface area (Å²) in [5.74, 6) is -0.978. The molecule has 1 aromatic carbocycles. The molecule has 1 N–H and O–H groups in total. The number of rotatable bonds is 3. The van der Waals surface area contributed by atoms with Gasteiger partial charge in [-0.15, -0.1) is 0 Å². The number of hydrogen-bond acceptors (Lipinski definition) is 3. The Kier molecular flexibility index (Phi) is 3.44. The molecular formula is C16H17N3O3. The molecule has 1 aliphatic heterocycles. The SMILES string of the molecule is C[C@]1(C(=O)O)CCN(C(=O)c2ccc(-n3cccn3)cc2)C1. The number of carboxylic acids is 1. The second-order valence-corrected chi connectivity index (χ2v) is 5.84. The zero-order chi connectivity index (χ0) is 15.7. The highest BCUT2D eigenvalue weighted by Crippen LogP contribution is 2.31. The monoisotopic (exact) mass is 299 g/mol. The topological polar surface area (TPSA) is 75.4 Å². The Morgan fingerprint density at radius 2 is 2.00 bits per heavy atom. The maximum atomic E-state index is 12.5. The molecule has 1 fully saturated rings. The molecule has 0 bridgehead atoms. The van der Waals surface area contributed by atoms with Crippen molar-refractivity contribution in [2.24, 2.45) is 5.41 Å². The Balaban J connectivity index is 1.75. The van der Waals surface area contributed by atoms with E-state index in [0.717, 1.165) is 5.69 Å². The van der Waals surface area contributed by atoms with Crippen LogP contribution < -0.4 is 0 Å². The lowest BCUT2D eigenvalue weighted by atomic mass is 9.90. The normalized spacial score (nSPS) is 21.0. The Morgan fingerprint density at radius 3 is 2.55 bits per heavy atom. The molecule has 0 aliphatic carbocycles. The number of benzene rings is 1. The fraction of sp³-hybridized carbons (Fsp3) is 0.312. The number of carbonyl (C=O) groups is 2. The molecule has 1 atom stereocenters. The number of likely N-dealkylation sites (tertiary alicyclic amines) is 1. The van der Waals surface area contributed by atoms with Crippen molar-refractivity contribution < 1.29 is 14.7 Å². The number of carboxylic acid groups (broad SMARTS) is 1. The predicted octanol–water partition coefficient (Wildman–Crippen LogP) is 1.81. The van der Waals surface area contributed by atoms with Gasteiger partial charge in [0, 0.05) is 31.0 Å². The van der Waals surface area contributed by atoms with Crippen LogP contribution in [0.4, 0.5) is 0 Å². The summed E-state index contributed by atoms with van der Waals surface area (Å²) in [5, 5.41) is 13.4. The number of aliphatic carboxylic acids is 1. The van der Waals surface area contributed by atoms with Crippen LogP contribution in [0.15, 0.2) is 42.7 Å². The van der Waals surface area contributed by atoms with Crippen molar-refractivity contribution in [2.45, 2.75) is 13.3 Å². The van der Waals surface area contributed by atoms with Gasteiger partial charge in [-0.1, -0.05) is 0 Å². The van der Waals surface area contributed by atoms with Crippen LogP contribution in [0.2, 0.25) is 0 Å². The molecule has 0 radical (unpaired) electrons. The van der Waals surface area contributed by atoms with Gasteiger partial charge >= 0.3 is 5.97 Å². The predicted molar refractivity (Wildman–Crippen MR) is 79.8 cm³/mol. The average molecular weight is 299 g/mol. The van der Waals surface area contributed by atoms with Gasteiger partial charge in [0.2, 0.25) is 0 Å². The fourth-order valence-electron chi connectivity index (χ4n) is 2.67. The first-order valence-electron chi connectivity index (χ1n) is 7.12. The van der Waals surface area contributed by atoms with Crippen molar-refractivity contribution in [1.82, 2.24) is 14.7 Å². The van der Waals surface area contributed by atoms with Crippen LogP contribution >= 0.6 is 0 Å². The molecule has 2 heterocycles. The number of amides is 1. The van der Waals surface area contributed by atoms with Gasteiger partial charge < -0.3 is 10.0 Å². The van der Waals surface area contributed by atoms with Crippen LogP contribution in [0.25, 0.3) is 5.69 Å². The molecule has 1 aromatic heterocycles. The van der Waals surface area contributed by atoms with Crippen LogP contribution in [0.5, 0.6) is 0 Å². The van der Waals surface area contributed by atoms with E-state index in [-0.39, 0.29) is 12.5 Å². The van der Waals surface area contributed by atoms with E-state index in [9.17, 15) is 14.7 Å². The number of aromatic nitrogens is 2. The zero-order valence-electron chi connectivity index (χ0n) is 12.3. The molecule has 22 heavy (non-hydrogen) atoms. The number of carbonyl (C=O) groups excluding carboxylic acids is 1. The van der Waals surface area contributed by atoms with Gasteiger partial charge in [-0.2, -0.15) is 5.10 Å². The molecule has 0 spiro atoms. The first-order valence-corrected chi connectivity index (χ1v) is 7.12. The molecule has 3 rings (SSSR count). The van der Waals surface area contributed by atoms with Gasteiger partial charge in [0.1, 0.15) is 0 Å². The van der Waals surface area contributed by atoms with E-state index in [4.69, 9.17) is 0 Å². The molecule has 0 unspecified atom stereocenters. The minimum Gasteiger partial charge on any atom is -0.481 e. The Morgan fingerprint density at radius 1 is 1.27 bits per heavy atom. The molecule has 1 aliphatic rings. The summed E-state index contributed by atoms with van der Waals surface area (Å²) in [5.41, 5.74) is 0.592. The summed E-state index contributed by atoms with van der Waals surface area (Å²) in [6.07, 6.45) is 4.01. The van der Waals surface area contributed by atoms with Gasteiger partial charge in [0.05, 0.1) is 11.1 Å². The standard InChI is InChI=1S/C16H17N3O3/c1-16(15(21)22)7-10-18(11-16)14(20)12-3-5-13(6-4-12)19-9-2-8-17-19/h2-6,8-9H,7,10-11H2,1H3,(H,21,22)/t16-/m0/s1. The lowest BCUT2D eigenvalue weighted by molar-refractivity contribution is -0.147. The summed E-state index contributed by atoms with van der Waals surface area (Å²) < 4.78 is 1.71. The summed E-state index contributed by atoms with van der Waals surface area (Å²) in [7, 11) is 0.